The molecule has 0 fully saturated rings. The van der Waals surface area contributed by atoms with Crippen molar-refractivity contribution in [2.45, 2.75) is 41.0 Å². The van der Waals surface area contributed by atoms with Crippen molar-refractivity contribution >= 4 is 44.8 Å². The molecule has 0 bridgehead atoms. The summed E-state index contributed by atoms with van der Waals surface area (Å²) in [7, 11) is -3.81. The predicted octanol–water partition coefficient (Wildman–Crippen LogP) is 4.33. The molecule has 31 heavy (non-hydrogen) atoms. The van der Waals surface area contributed by atoms with Crippen LogP contribution in [0.3, 0.4) is 0 Å². The highest BCUT2D eigenvalue weighted by Gasteiger charge is 2.30. The molecule has 2 amide bonds. The van der Waals surface area contributed by atoms with Crippen LogP contribution in [0.15, 0.2) is 52.3 Å². The van der Waals surface area contributed by atoms with Gasteiger partial charge >= 0.3 is 6.18 Å². The third kappa shape index (κ3) is 5.59. The van der Waals surface area contributed by atoms with Gasteiger partial charge in [-0.1, -0.05) is 6.92 Å². The number of alkyl halides is 3. The number of carbonyl (C=O) groups is 2. The molecule has 0 aliphatic carbocycles. The highest BCUT2D eigenvalue weighted by molar-refractivity contribution is 8.01. The standard InChI is InChI=1S/C20H19F3N2O4S2/c1-2-16-19(27)25-15-11-14(7-8-17(15)30-16)31(28,29)10-9-18(26)24-13-5-3-12(4-6-13)20(21,22)23/h3-8,11,16H,2,9-10H2,1H3,(H,24,26)(H,25,27)/t16-/m1/s1. The summed E-state index contributed by atoms with van der Waals surface area (Å²) in [5.41, 5.74) is -0.305. The minimum absolute atomic E-state index is 0.0237. The Morgan fingerprint density at radius 3 is 2.45 bits per heavy atom. The van der Waals surface area contributed by atoms with Gasteiger partial charge in [0.1, 0.15) is 0 Å². The Morgan fingerprint density at radius 2 is 1.84 bits per heavy atom. The number of carbonyl (C=O) groups excluding carboxylic acids is 2. The lowest BCUT2D eigenvalue weighted by molar-refractivity contribution is -0.137. The summed E-state index contributed by atoms with van der Waals surface area (Å²) < 4.78 is 63.0. The fourth-order valence-corrected chi connectivity index (χ4v) is 5.19. The molecule has 1 aliphatic rings. The van der Waals surface area contributed by atoms with Gasteiger partial charge in [-0.3, -0.25) is 9.59 Å². The van der Waals surface area contributed by atoms with E-state index in [1.807, 2.05) is 6.92 Å². The largest absolute Gasteiger partial charge is 0.416 e. The van der Waals surface area contributed by atoms with E-state index in [2.05, 4.69) is 10.6 Å². The molecule has 0 radical (unpaired) electrons. The van der Waals surface area contributed by atoms with Gasteiger partial charge in [-0.15, -0.1) is 11.8 Å². The molecule has 0 spiro atoms. The summed E-state index contributed by atoms with van der Waals surface area (Å²) >= 11 is 1.36. The van der Waals surface area contributed by atoms with Gasteiger partial charge in [0.2, 0.25) is 11.8 Å². The van der Waals surface area contributed by atoms with E-state index in [1.165, 1.54) is 23.9 Å². The first-order chi connectivity index (χ1) is 14.5. The minimum atomic E-state index is -4.49. The van der Waals surface area contributed by atoms with Gasteiger partial charge in [-0.25, -0.2) is 8.42 Å². The fourth-order valence-electron chi connectivity index (χ4n) is 2.90. The monoisotopic (exact) mass is 472 g/mol. The first-order valence-corrected chi connectivity index (χ1v) is 11.8. The van der Waals surface area contributed by atoms with Crippen LogP contribution < -0.4 is 10.6 Å². The van der Waals surface area contributed by atoms with Gasteiger partial charge in [-0.05, 0) is 48.9 Å². The van der Waals surface area contributed by atoms with Crippen molar-refractivity contribution in [1.29, 1.82) is 0 Å². The van der Waals surface area contributed by atoms with Gasteiger partial charge in [0.05, 0.1) is 27.1 Å². The number of benzene rings is 2. The van der Waals surface area contributed by atoms with Crippen molar-refractivity contribution < 1.29 is 31.2 Å². The van der Waals surface area contributed by atoms with E-state index >= 15 is 0 Å². The second-order valence-corrected chi connectivity index (χ2v) is 10.2. The van der Waals surface area contributed by atoms with E-state index in [9.17, 15) is 31.2 Å². The Kier molecular flexibility index (Phi) is 6.65. The summed E-state index contributed by atoms with van der Waals surface area (Å²) in [6, 6.07) is 8.28. The van der Waals surface area contributed by atoms with E-state index in [0.29, 0.717) is 12.1 Å². The van der Waals surface area contributed by atoms with Crippen molar-refractivity contribution in [3.8, 4) is 0 Å². The molecule has 166 valence electrons. The summed E-state index contributed by atoms with van der Waals surface area (Å²) in [6.45, 7) is 1.89. The number of fused-ring (bicyclic) bond motifs is 1. The van der Waals surface area contributed by atoms with Crippen LogP contribution >= 0.6 is 11.8 Å². The van der Waals surface area contributed by atoms with E-state index in [4.69, 9.17) is 0 Å². The lowest BCUT2D eigenvalue weighted by atomic mass is 10.2. The first-order valence-electron chi connectivity index (χ1n) is 9.31. The van der Waals surface area contributed by atoms with Crippen molar-refractivity contribution in [1.82, 2.24) is 0 Å². The molecule has 0 unspecified atom stereocenters. The Hall–Kier alpha value is -2.53. The van der Waals surface area contributed by atoms with Gasteiger partial charge in [-0.2, -0.15) is 13.2 Å². The molecule has 11 heteroatoms. The third-order valence-electron chi connectivity index (χ3n) is 4.59. The fraction of sp³-hybridized carbons (Fsp3) is 0.300. The highest BCUT2D eigenvalue weighted by atomic mass is 32.2. The zero-order valence-electron chi connectivity index (χ0n) is 16.3. The first kappa shape index (κ1) is 23.1. The maximum atomic E-state index is 12.6. The Morgan fingerprint density at radius 1 is 1.16 bits per heavy atom. The molecule has 6 nitrogen and oxygen atoms in total. The quantitative estimate of drug-likeness (QED) is 0.653. The number of hydrogen-bond donors (Lipinski definition) is 2. The lowest BCUT2D eigenvalue weighted by Crippen LogP contribution is -2.28. The molecule has 1 heterocycles. The Balaban J connectivity index is 1.63. The van der Waals surface area contributed by atoms with Crippen molar-refractivity contribution in [3.05, 3.63) is 48.0 Å². The molecule has 2 aromatic rings. The number of hydrogen-bond acceptors (Lipinski definition) is 5. The summed E-state index contributed by atoms with van der Waals surface area (Å²) in [6.07, 6.45) is -4.22. The number of sulfone groups is 1. The average molecular weight is 473 g/mol. The molecule has 0 saturated heterocycles. The van der Waals surface area contributed by atoms with Crippen LogP contribution in [0.5, 0.6) is 0 Å². The van der Waals surface area contributed by atoms with Gasteiger partial charge < -0.3 is 10.6 Å². The topological polar surface area (TPSA) is 92.3 Å². The zero-order chi connectivity index (χ0) is 22.8. The lowest BCUT2D eigenvalue weighted by Gasteiger charge is -2.23. The molecule has 1 atom stereocenters. The molecule has 2 N–H and O–H groups in total. The Labute approximate surface area is 181 Å². The summed E-state index contributed by atoms with van der Waals surface area (Å²) in [4.78, 5) is 24.8. The second kappa shape index (κ2) is 8.91. The van der Waals surface area contributed by atoms with E-state index in [0.717, 1.165) is 29.2 Å². The van der Waals surface area contributed by atoms with Crippen LogP contribution in [-0.2, 0) is 25.6 Å². The van der Waals surface area contributed by atoms with Crippen LogP contribution in [-0.4, -0.2) is 31.2 Å². The van der Waals surface area contributed by atoms with Gasteiger partial charge in [0, 0.05) is 17.0 Å². The van der Waals surface area contributed by atoms with E-state index < -0.39 is 33.2 Å². The van der Waals surface area contributed by atoms with Gasteiger partial charge in [0.25, 0.3) is 0 Å². The number of amides is 2. The summed E-state index contributed by atoms with van der Waals surface area (Å²) in [5, 5.41) is 4.85. The molecule has 2 aromatic carbocycles. The molecular formula is C20H19F3N2O4S2. The highest BCUT2D eigenvalue weighted by Crippen LogP contribution is 2.38. The normalized spacial score (nSPS) is 16.4. The van der Waals surface area contributed by atoms with Crippen LogP contribution in [0.2, 0.25) is 0 Å². The Bertz CT molecular complexity index is 1100. The number of nitrogens with one attached hydrogen (secondary N) is 2. The van der Waals surface area contributed by atoms with E-state index in [-0.39, 0.29) is 28.2 Å². The predicted molar refractivity (Wildman–Crippen MR) is 112 cm³/mol. The molecule has 1 aliphatic heterocycles. The smallest absolute Gasteiger partial charge is 0.326 e. The second-order valence-electron chi connectivity index (χ2n) is 6.85. The van der Waals surface area contributed by atoms with Crippen LogP contribution in [0, 0.1) is 0 Å². The molecule has 0 saturated carbocycles. The van der Waals surface area contributed by atoms with Crippen molar-refractivity contribution in [3.63, 3.8) is 0 Å². The van der Waals surface area contributed by atoms with Gasteiger partial charge in [0.15, 0.2) is 9.84 Å². The number of rotatable bonds is 6. The molecular weight excluding hydrogens is 453 g/mol. The van der Waals surface area contributed by atoms with Crippen LogP contribution in [0.25, 0.3) is 0 Å². The molecule has 0 aromatic heterocycles. The zero-order valence-corrected chi connectivity index (χ0v) is 18.0. The maximum absolute atomic E-state index is 12.6. The number of halogens is 3. The van der Waals surface area contributed by atoms with Crippen LogP contribution in [0.4, 0.5) is 24.5 Å². The average Bonchev–Trinajstić information content (AvgIpc) is 2.71. The van der Waals surface area contributed by atoms with E-state index in [1.54, 1.807) is 6.07 Å². The van der Waals surface area contributed by atoms with Crippen molar-refractivity contribution in [2.75, 3.05) is 16.4 Å². The minimum Gasteiger partial charge on any atom is -0.326 e. The van der Waals surface area contributed by atoms with Crippen LogP contribution in [0.1, 0.15) is 25.3 Å². The SMILES string of the molecule is CC[C@H]1Sc2ccc(S(=O)(=O)CCC(=O)Nc3ccc(C(F)(F)F)cc3)cc2NC1=O. The molecule has 3 rings (SSSR count). The third-order valence-corrected chi connectivity index (χ3v) is 7.75. The van der Waals surface area contributed by atoms with Crippen molar-refractivity contribution in [2.24, 2.45) is 0 Å². The summed E-state index contributed by atoms with van der Waals surface area (Å²) in [5.74, 6) is -1.32. The number of anilines is 2. The maximum Gasteiger partial charge on any atom is 0.416 e. The number of thioether (sulfide) groups is 1.